The van der Waals surface area contributed by atoms with E-state index >= 15 is 0 Å². The van der Waals surface area contributed by atoms with E-state index in [1.165, 1.54) is 6.33 Å². The summed E-state index contributed by atoms with van der Waals surface area (Å²) in [5.41, 5.74) is 7.10. The molecule has 0 aliphatic carbocycles. The highest BCUT2D eigenvalue weighted by Gasteiger charge is 2.54. The van der Waals surface area contributed by atoms with Crippen molar-refractivity contribution in [3.05, 3.63) is 12.7 Å². The molecule has 3 N–H and O–H groups in total. The Kier molecular flexibility index (Phi) is 3.68. The highest BCUT2D eigenvalue weighted by Crippen LogP contribution is 2.39. The molecule has 0 saturated carbocycles. The molecule has 0 amide bonds. The van der Waals surface area contributed by atoms with Gasteiger partial charge in [0, 0.05) is 6.54 Å². The van der Waals surface area contributed by atoms with Crippen LogP contribution in [0.25, 0.3) is 11.2 Å². The van der Waals surface area contributed by atoms with Crippen LogP contribution >= 0.6 is 0 Å². The van der Waals surface area contributed by atoms with Crippen LogP contribution in [0.1, 0.15) is 20.3 Å². The first-order chi connectivity index (χ1) is 11.5. The van der Waals surface area contributed by atoms with E-state index in [-0.39, 0.29) is 31.0 Å². The first-order valence-electron chi connectivity index (χ1n) is 8.02. The van der Waals surface area contributed by atoms with Crippen molar-refractivity contribution in [1.29, 1.82) is 0 Å². The molecular weight excluding hydrogens is 314 g/mol. The van der Waals surface area contributed by atoms with Crippen LogP contribution in [-0.4, -0.2) is 61.4 Å². The van der Waals surface area contributed by atoms with Gasteiger partial charge in [-0.05, 0) is 20.3 Å². The van der Waals surface area contributed by atoms with Gasteiger partial charge in [-0.1, -0.05) is 0 Å². The molecular formula is C15H21N5O4. The van der Waals surface area contributed by atoms with Gasteiger partial charge in [-0.25, -0.2) is 15.0 Å². The molecule has 4 rings (SSSR count). The van der Waals surface area contributed by atoms with Crippen molar-refractivity contribution >= 4 is 17.0 Å². The van der Waals surface area contributed by atoms with Crippen LogP contribution in [0.4, 0.5) is 5.82 Å². The Morgan fingerprint density at radius 2 is 1.96 bits per heavy atom. The number of nitrogen functional groups attached to an aromatic ring is 1. The number of fused-ring (bicyclic) bond motifs is 2. The summed E-state index contributed by atoms with van der Waals surface area (Å²) in [6, 6.07) is 0. The lowest BCUT2D eigenvalue weighted by molar-refractivity contribution is -0.190. The summed E-state index contributed by atoms with van der Waals surface area (Å²) in [5, 5.41) is 9.52. The van der Waals surface area contributed by atoms with Gasteiger partial charge >= 0.3 is 0 Å². The molecule has 2 aromatic heterocycles. The number of hydrogen-bond acceptors (Lipinski definition) is 8. The Morgan fingerprint density at radius 3 is 2.71 bits per heavy atom. The standard InChI is InChI=1S/C15H21N5O4/c1-15(2)23-11-8(22-9(5-21)12(11)24-15)3-4-20-7-19-10-13(16)17-6-18-14(10)20/h6-9,11-12,21H,3-5H2,1-2H3,(H2,16,17,18)/t8-,9+,11-,12+/m0/s1. The highest BCUT2D eigenvalue weighted by atomic mass is 16.8. The van der Waals surface area contributed by atoms with Gasteiger partial charge in [-0.3, -0.25) is 0 Å². The van der Waals surface area contributed by atoms with Crippen LogP contribution in [0.2, 0.25) is 0 Å². The monoisotopic (exact) mass is 335 g/mol. The number of anilines is 1. The Bertz CT molecular complexity index is 749. The average molecular weight is 335 g/mol. The van der Waals surface area contributed by atoms with Crippen molar-refractivity contribution in [3.63, 3.8) is 0 Å². The van der Waals surface area contributed by atoms with Gasteiger partial charge in [0.2, 0.25) is 0 Å². The maximum atomic E-state index is 9.52. The average Bonchev–Trinajstić information content (AvgIpc) is 3.17. The van der Waals surface area contributed by atoms with Crippen molar-refractivity contribution in [2.45, 2.75) is 57.0 Å². The van der Waals surface area contributed by atoms with E-state index in [0.29, 0.717) is 29.9 Å². The van der Waals surface area contributed by atoms with Gasteiger partial charge in [-0.15, -0.1) is 0 Å². The molecule has 0 spiro atoms. The fraction of sp³-hybridized carbons (Fsp3) is 0.667. The zero-order valence-corrected chi connectivity index (χ0v) is 13.6. The van der Waals surface area contributed by atoms with Gasteiger partial charge in [-0.2, -0.15) is 0 Å². The molecule has 0 bridgehead atoms. The Labute approximate surface area is 138 Å². The lowest BCUT2D eigenvalue weighted by atomic mass is 10.1. The van der Waals surface area contributed by atoms with Crippen molar-refractivity contribution in [3.8, 4) is 0 Å². The summed E-state index contributed by atoms with van der Waals surface area (Å²) in [6.45, 7) is 4.30. The van der Waals surface area contributed by atoms with Gasteiger partial charge in [0.15, 0.2) is 17.3 Å². The maximum absolute atomic E-state index is 9.52. The summed E-state index contributed by atoms with van der Waals surface area (Å²) < 4.78 is 19.7. The van der Waals surface area contributed by atoms with E-state index in [2.05, 4.69) is 15.0 Å². The summed E-state index contributed by atoms with van der Waals surface area (Å²) in [4.78, 5) is 12.4. The zero-order valence-electron chi connectivity index (χ0n) is 13.6. The molecule has 2 aromatic rings. The van der Waals surface area contributed by atoms with E-state index in [1.54, 1.807) is 6.33 Å². The molecule has 0 unspecified atom stereocenters. The minimum atomic E-state index is -0.659. The van der Waals surface area contributed by atoms with Crippen LogP contribution in [-0.2, 0) is 20.8 Å². The van der Waals surface area contributed by atoms with E-state index in [4.69, 9.17) is 19.9 Å². The van der Waals surface area contributed by atoms with Crippen LogP contribution in [0.3, 0.4) is 0 Å². The van der Waals surface area contributed by atoms with E-state index < -0.39 is 5.79 Å². The number of imidazole rings is 1. The van der Waals surface area contributed by atoms with Gasteiger partial charge in [0.1, 0.15) is 30.2 Å². The van der Waals surface area contributed by atoms with E-state index in [0.717, 1.165) is 0 Å². The number of nitrogens with two attached hydrogens (primary N) is 1. The second-order valence-corrected chi connectivity index (χ2v) is 6.62. The molecule has 0 aromatic carbocycles. The largest absolute Gasteiger partial charge is 0.394 e. The minimum absolute atomic E-state index is 0.0884. The third-order valence-corrected chi connectivity index (χ3v) is 4.51. The summed E-state index contributed by atoms with van der Waals surface area (Å²) in [6.07, 6.45) is 2.86. The quantitative estimate of drug-likeness (QED) is 0.806. The van der Waals surface area contributed by atoms with Crippen molar-refractivity contribution in [2.75, 3.05) is 12.3 Å². The van der Waals surface area contributed by atoms with Crippen LogP contribution < -0.4 is 5.73 Å². The molecule has 24 heavy (non-hydrogen) atoms. The van der Waals surface area contributed by atoms with Gasteiger partial charge < -0.3 is 29.6 Å². The number of ether oxygens (including phenoxy) is 3. The third-order valence-electron chi connectivity index (χ3n) is 4.51. The number of nitrogens with zero attached hydrogens (tertiary/aromatic N) is 4. The number of aliphatic hydroxyl groups excluding tert-OH is 1. The first kappa shape index (κ1) is 15.7. The maximum Gasteiger partial charge on any atom is 0.165 e. The molecule has 9 heteroatoms. The predicted molar refractivity (Wildman–Crippen MR) is 83.9 cm³/mol. The van der Waals surface area contributed by atoms with Gasteiger partial charge in [0.05, 0.1) is 19.0 Å². The Balaban J connectivity index is 1.50. The number of aromatic nitrogens is 4. The Hall–Kier alpha value is -1.81. The molecule has 4 atom stereocenters. The second-order valence-electron chi connectivity index (χ2n) is 6.62. The number of hydrogen-bond donors (Lipinski definition) is 2. The number of rotatable bonds is 4. The molecule has 9 nitrogen and oxygen atoms in total. The molecule has 2 saturated heterocycles. The third kappa shape index (κ3) is 2.53. The molecule has 2 fully saturated rings. The van der Waals surface area contributed by atoms with E-state index in [9.17, 15) is 5.11 Å². The summed E-state index contributed by atoms with van der Waals surface area (Å²) in [5.74, 6) is -0.292. The van der Waals surface area contributed by atoms with Gasteiger partial charge in [0.25, 0.3) is 0 Å². The normalized spacial score (nSPS) is 31.6. The lowest BCUT2D eigenvalue weighted by Gasteiger charge is -2.23. The number of aliphatic hydroxyl groups is 1. The Morgan fingerprint density at radius 1 is 1.21 bits per heavy atom. The predicted octanol–water partition coefficient (Wildman–Crippen LogP) is 0.0784. The molecule has 2 aliphatic heterocycles. The fourth-order valence-electron chi connectivity index (χ4n) is 3.48. The topological polar surface area (TPSA) is 118 Å². The highest BCUT2D eigenvalue weighted by molar-refractivity contribution is 5.80. The SMILES string of the molecule is CC1(C)O[C@@H]2[C@H](O1)[C@@H](CO)O[C@H]2CCn1cnc2c(N)ncnc21. The van der Waals surface area contributed by atoms with Crippen LogP contribution in [0.15, 0.2) is 12.7 Å². The second kappa shape index (κ2) is 5.62. The molecule has 2 aliphatic rings. The van der Waals surface area contributed by atoms with Crippen LogP contribution in [0, 0.1) is 0 Å². The first-order valence-corrected chi connectivity index (χ1v) is 8.02. The zero-order chi connectivity index (χ0) is 16.9. The van der Waals surface area contributed by atoms with Crippen molar-refractivity contribution in [1.82, 2.24) is 19.5 Å². The van der Waals surface area contributed by atoms with Crippen molar-refractivity contribution in [2.24, 2.45) is 0 Å². The summed E-state index contributed by atoms with van der Waals surface area (Å²) in [7, 11) is 0. The van der Waals surface area contributed by atoms with Crippen LogP contribution in [0.5, 0.6) is 0 Å². The molecule has 4 heterocycles. The fourth-order valence-corrected chi connectivity index (χ4v) is 3.48. The summed E-state index contributed by atoms with van der Waals surface area (Å²) >= 11 is 0. The molecule has 130 valence electrons. The lowest BCUT2D eigenvalue weighted by Crippen LogP contribution is -2.31. The minimum Gasteiger partial charge on any atom is -0.394 e. The molecule has 0 radical (unpaired) electrons. The smallest absolute Gasteiger partial charge is 0.165 e. The van der Waals surface area contributed by atoms with E-state index in [1.807, 2.05) is 18.4 Å². The number of aryl methyl sites for hydroxylation is 1. The van der Waals surface area contributed by atoms with Crippen molar-refractivity contribution < 1.29 is 19.3 Å².